The SMILES string of the molecule is CC[C@H](C)NC(=O)[C@H](C)N(Cc1ccccc1F)C(=O)CCCN(c1cc(C)ccc1C)S(C)(=O)=O. The van der Waals surface area contributed by atoms with E-state index in [9.17, 15) is 22.4 Å². The average molecular weight is 520 g/mol. The Kier molecular flexibility index (Phi) is 10.5. The van der Waals surface area contributed by atoms with Crippen molar-refractivity contribution in [1.29, 1.82) is 0 Å². The fourth-order valence-electron chi connectivity index (χ4n) is 3.83. The van der Waals surface area contributed by atoms with Crippen LogP contribution in [-0.2, 0) is 26.2 Å². The van der Waals surface area contributed by atoms with E-state index in [1.807, 2.05) is 45.9 Å². The van der Waals surface area contributed by atoms with Gasteiger partial charge in [-0.2, -0.15) is 0 Å². The van der Waals surface area contributed by atoms with Gasteiger partial charge in [0.1, 0.15) is 11.9 Å². The third-order valence-corrected chi connectivity index (χ3v) is 7.43. The van der Waals surface area contributed by atoms with E-state index in [1.54, 1.807) is 25.1 Å². The number of anilines is 1. The summed E-state index contributed by atoms with van der Waals surface area (Å²) in [6, 6.07) is 10.8. The van der Waals surface area contributed by atoms with Crippen molar-refractivity contribution in [2.45, 2.75) is 72.5 Å². The fraction of sp³-hybridized carbons (Fsp3) is 0.481. The summed E-state index contributed by atoms with van der Waals surface area (Å²) in [7, 11) is -3.58. The Labute approximate surface area is 214 Å². The predicted molar refractivity (Wildman–Crippen MR) is 142 cm³/mol. The smallest absolute Gasteiger partial charge is 0.242 e. The van der Waals surface area contributed by atoms with E-state index in [0.717, 1.165) is 23.8 Å². The van der Waals surface area contributed by atoms with Gasteiger partial charge in [-0.25, -0.2) is 12.8 Å². The molecule has 0 aromatic heterocycles. The zero-order chi connectivity index (χ0) is 27.0. The number of carbonyl (C=O) groups excluding carboxylic acids is 2. The van der Waals surface area contributed by atoms with Gasteiger partial charge in [0.2, 0.25) is 21.8 Å². The predicted octanol–water partition coefficient (Wildman–Crippen LogP) is 4.32. The molecule has 0 saturated heterocycles. The second-order valence-corrected chi connectivity index (χ2v) is 11.2. The number of aryl methyl sites for hydroxylation is 2. The minimum Gasteiger partial charge on any atom is -0.352 e. The fourth-order valence-corrected chi connectivity index (χ4v) is 4.84. The number of hydrogen-bond acceptors (Lipinski definition) is 4. The summed E-state index contributed by atoms with van der Waals surface area (Å²) in [5, 5.41) is 2.88. The van der Waals surface area contributed by atoms with Crippen LogP contribution in [0.3, 0.4) is 0 Å². The highest BCUT2D eigenvalue weighted by Crippen LogP contribution is 2.25. The van der Waals surface area contributed by atoms with Crippen molar-refractivity contribution in [2.75, 3.05) is 17.1 Å². The number of nitrogens with zero attached hydrogens (tertiary/aromatic N) is 2. The second-order valence-electron chi connectivity index (χ2n) is 9.34. The largest absolute Gasteiger partial charge is 0.352 e. The van der Waals surface area contributed by atoms with Crippen LogP contribution in [0, 0.1) is 19.7 Å². The minimum absolute atomic E-state index is 0.00624. The molecule has 2 aromatic carbocycles. The summed E-state index contributed by atoms with van der Waals surface area (Å²) in [5.41, 5.74) is 2.63. The van der Waals surface area contributed by atoms with Crippen molar-refractivity contribution >= 4 is 27.5 Å². The average Bonchev–Trinajstić information content (AvgIpc) is 2.81. The summed E-state index contributed by atoms with van der Waals surface area (Å²) in [6.07, 6.45) is 2.13. The van der Waals surface area contributed by atoms with Crippen LogP contribution in [0.15, 0.2) is 42.5 Å². The molecule has 1 N–H and O–H groups in total. The molecular weight excluding hydrogens is 481 g/mol. The first-order valence-corrected chi connectivity index (χ1v) is 14.1. The van der Waals surface area contributed by atoms with Crippen LogP contribution in [-0.4, -0.2) is 50.0 Å². The quantitative estimate of drug-likeness (QED) is 0.453. The van der Waals surface area contributed by atoms with Crippen LogP contribution in [0.5, 0.6) is 0 Å². The van der Waals surface area contributed by atoms with Crippen molar-refractivity contribution in [3.8, 4) is 0 Å². The number of hydrogen-bond donors (Lipinski definition) is 1. The summed E-state index contributed by atoms with van der Waals surface area (Å²) in [6.45, 7) is 9.21. The molecule has 0 spiro atoms. The molecule has 0 unspecified atom stereocenters. The third-order valence-electron chi connectivity index (χ3n) is 6.25. The Morgan fingerprint density at radius 3 is 2.36 bits per heavy atom. The first-order valence-electron chi connectivity index (χ1n) is 12.2. The zero-order valence-electron chi connectivity index (χ0n) is 22.0. The minimum atomic E-state index is -3.58. The molecule has 198 valence electrons. The summed E-state index contributed by atoms with van der Waals surface area (Å²) >= 11 is 0. The first-order chi connectivity index (χ1) is 16.8. The molecule has 0 aliphatic heterocycles. The van der Waals surface area contributed by atoms with Crippen LogP contribution >= 0.6 is 0 Å². The first kappa shape index (κ1) is 29.3. The van der Waals surface area contributed by atoms with Crippen molar-refractivity contribution < 1.29 is 22.4 Å². The van der Waals surface area contributed by atoms with Gasteiger partial charge in [-0.3, -0.25) is 13.9 Å². The number of benzene rings is 2. The van der Waals surface area contributed by atoms with E-state index in [1.165, 1.54) is 15.3 Å². The normalized spacial score (nSPS) is 13.1. The number of nitrogens with one attached hydrogen (secondary N) is 1. The molecule has 2 aromatic rings. The van der Waals surface area contributed by atoms with Gasteiger partial charge in [0.15, 0.2) is 0 Å². The van der Waals surface area contributed by atoms with Crippen molar-refractivity contribution in [3.05, 3.63) is 65.0 Å². The highest BCUT2D eigenvalue weighted by Gasteiger charge is 2.28. The molecule has 0 fully saturated rings. The van der Waals surface area contributed by atoms with E-state index in [4.69, 9.17) is 0 Å². The Morgan fingerprint density at radius 2 is 1.75 bits per heavy atom. The molecule has 0 saturated carbocycles. The van der Waals surface area contributed by atoms with Gasteiger partial charge in [0, 0.05) is 31.1 Å². The summed E-state index contributed by atoms with van der Waals surface area (Å²) in [5.74, 6) is -1.12. The number of rotatable bonds is 12. The Bertz CT molecular complexity index is 1170. The molecule has 0 heterocycles. The molecule has 0 aliphatic carbocycles. The van der Waals surface area contributed by atoms with Gasteiger partial charge in [-0.05, 0) is 63.8 Å². The van der Waals surface area contributed by atoms with Gasteiger partial charge >= 0.3 is 0 Å². The molecule has 36 heavy (non-hydrogen) atoms. The van der Waals surface area contributed by atoms with E-state index in [-0.39, 0.29) is 43.8 Å². The van der Waals surface area contributed by atoms with E-state index < -0.39 is 21.9 Å². The van der Waals surface area contributed by atoms with Crippen LogP contribution < -0.4 is 9.62 Å². The van der Waals surface area contributed by atoms with Gasteiger partial charge in [-0.15, -0.1) is 0 Å². The van der Waals surface area contributed by atoms with Gasteiger partial charge < -0.3 is 10.2 Å². The molecule has 0 bridgehead atoms. The lowest BCUT2D eigenvalue weighted by Gasteiger charge is -2.30. The van der Waals surface area contributed by atoms with Crippen molar-refractivity contribution in [2.24, 2.45) is 0 Å². The lowest BCUT2D eigenvalue weighted by atomic mass is 10.1. The molecule has 2 amide bonds. The second kappa shape index (κ2) is 12.9. The molecule has 0 radical (unpaired) electrons. The maximum Gasteiger partial charge on any atom is 0.242 e. The Morgan fingerprint density at radius 1 is 1.08 bits per heavy atom. The van der Waals surface area contributed by atoms with Gasteiger partial charge in [-0.1, -0.05) is 37.3 Å². The van der Waals surface area contributed by atoms with Crippen molar-refractivity contribution in [3.63, 3.8) is 0 Å². The van der Waals surface area contributed by atoms with E-state index in [0.29, 0.717) is 11.3 Å². The van der Waals surface area contributed by atoms with Gasteiger partial charge in [0.25, 0.3) is 0 Å². The molecule has 2 atom stereocenters. The lowest BCUT2D eigenvalue weighted by molar-refractivity contribution is -0.141. The third kappa shape index (κ3) is 8.05. The number of sulfonamides is 1. The van der Waals surface area contributed by atoms with E-state index >= 15 is 0 Å². The standard InChI is InChI=1S/C27H38FN3O4S/c1-7-21(4)29-27(33)22(5)30(18-23-11-8-9-12-24(23)28)26(32)13-10-16-31(36(6,34)35)25-17-19(2)14-15-20(25)3/h8-9,11-12,14-15,17,21-22H,7,10,13,16,18H2,1-6H3,(H,29,33)/t21-,22-/m0/s1. The Balaban J connectivity index is 2.22. The van der Waals surface area contributed by atoms with Crippen LogP contribution in [0.4, 0.5) is 10.1 Å². The molecule has 2 rings (SSSR count). The number of carbonyl (C=O) groups is 2. The highest BCUT2D eigenvalue weighted by molar-refractivity contribution is 7.92. The Hall–Kier alpha value is -2.94. The van der Waals surface area contributed by atoms with Crippen LogP contribution in [0.1, 0.15) is 56.7 Å². The maximum absolute atomic E-state index is 14.4. The van der Waals surface area contributed by atoms with Crippen LogP contribution in [0.2, 0.25) is 0 Å². The zero-order valence-corrected chi connectivity index (χ0v) is 22.9. The molecule has 7 nitrogen and oxygen atoms in total. The maximum atomic E-state index is 14.4. The molecular formula is C27H38FN3O4S. The molecule has 0 aliphatic rings. The van der Waals surface area contributed by atoms with Crippen molar-refractivity contribution in [1.82, 2.24) is 10.2 Å². The monoisotopic (exact) mass is 519 g/mol. The summed E-state index contributed by atoms with van der Waals surface area (Å²) in [4.78, 5) is 27.5. The van der Waals surface area contributed by atoms with Crippen LogP contribution in [0.25, 0.3) is 0 Å². The molecule has 9 heteroatoms. The topological polar surface area (TPSA) is 86.8 Å². The van der Waals surface area contributed by atoms with E-state index in [2.05, 4.69) is 5.32 Å². The van der Waals surface area contributed by atoms with Gasteiger partial charge in [0.05, 0.1) is 11.9 Å². The number of halogens is 1. The summed E-state index contributed by atoms with van der Waals surface area (Å²) < 4.78 is 40.8. The lowest BCUT2D eigenvalue weighted by Crippen LogP contribution is -2.49. The highest BCUT2D eigenvalue weighted by atomic mass is 32.2. The number of amides is 2.